The van der Waals surface area contributed by atoms with Crippen molar-refractivity contribution in [3.05, 3.63) is 10.4 Å². The number of rotatable bonds is 6. The van der Waals surface area contributed by atoms with Gasteiger partial charge >= 0.3 is 5.97 Å². The number of carbonyl (C=O) groups is 1. The van der Waals surface area contributed by atoms with Crippen molar-refractivity contribution in [3.8, 4) is 5.75 Å². The number of carbonyl (C=O) groups excluding carboxylic acids is 1. The molecule has 0 aliphatic rings. The van der Waals surface area contributed by atoms with Crippen LogP contribution in [0.4, 0.5) is 5.00 Å². The van der Waals surface area contributed by atoms with E-state index in [4.69, 9.17) is 14.2 Å². The lowest BCUT2D eigenvalue weighted by molar-refractivity contribution is -0.0611. The maximum atomic E-state index is 11.6. The van der Waals surface area contributed by atoms with E-state index in [1.165, 1.54) is 18.4 Å². The van der Waals surface area contributed by atoms with Gasteiger partial charge in [-0.05, 0) is 20.8 Å². The summed E-state index contributed by atoms with van der Waals surface area (Å²) in [5.41, 5.74) is 0.766. The Morgan fingerprint density at radius 1 is 1.50 bits per heavy atom. The highest BCUT2D eigenvalue weighted by atomic mass is 32.1. The second kappa shape index (κ2) is 6.61. The molecule has 0 bridgehead atoms. The summed E-state index contributed by atoms with van der Waals surface area (Å²) in [7, 11) is 3.15. The van der Waals surface area contributed by atoms with E-state index in [-0.39, 0.29) is 12.3 Å². The monoisotopic (exact) mass is 273 g/mol. The van der Waals surface area contributed by atoms with Crippen LogP contribution >= 0.6 is 11.3 Å². The quantitative estimate of drug-likeness (QED) is 0.638. The lowest BCUT2D eigenvalue weighted by Gasteiger charge is -2.15. The van der Waals surface area contributed by atoms with Gasteiger partial charge in [-0.2, -0.15) is 0 Å². The Morgan fingerprint density at radius 3 is 2.67 bits per heavy atom. The summed E-state index contributed by atoms with van der Waals surface area (Å²) in [6.07, 6.45) is -0.360. The van der Waals surface area contributed by atoms with Gasteiger partial charge in [0.15, 0.2) is 12.0 Å². The molecule has 0 aromatic carbocycles. The van der Waals surface area contributed by atoms with Crippen LogP contribution in [0.5, 0.6) is 5.75 Å². The minimum Gasteiger partial charge on any atom is -0.465 e. The lowest BCUT2D eigenvalue weighted by Crippen LogP contribution is -2.16. The van der Waals surface area contributed by atoms with Crippen LogP contribution in [0.2, 0.25) is 0 Å². The van der Waals surface area contributed by atoms with Crippen LogP contribution < -0.4 is 10.1 Å². The van der Waals surface area contributed by atoms with E-state index in [1.807, 2.05) is 20.8 Å². The molecule has 1 N–H and O–H groups in total. The smallest absolute Gasteiger partial charge is 0.348 e. The van der Waals surface area contributed by atoms with Crippen LogP contribution in [-0.4, -0.2) is 33.0 Å². The second-order valence-electron chi connectivity index (χ2n) is 3.60. The number of esters is 1. The number of hydrogen-bond acceptors (Lipinski definition) is 6. The molecular formula is C12H19NO4S. The third-order valence-electron chi connectivity index (χ3n) is 2.37. The molecule has 1 rings (SSSR count). The Bertz CT molecular complexity index is 416. The summed E-state index contributed by atoms with van der Waals surface area (Å²) in [5.74, 6) is 0.289. The third-order valence-corrected chi connectivity index (χ3v) is 3.65. The van der Waals surface area contributed by atoms with E-state index >= 15 is 0 Å². The van der Waals surface area contributed by atoms with E-state index in [2.05, 4.69) is 5.32 Å². The molecule has 1 aromatic rings. The first-order valence-electron chi connectivity index (χ1n) is 5.72. The van der Waals surface area contributed by atoms with Gasteiger partial charge < -0.3 is 19.5 Å². The minimum absolute atomic E-state index is 0.354. The molecule has 102 valence electrons. The van der Waals surface area contributed by atoms with Gasteiger partial charge in [-0.15, -0.1) is 11.3 Å². The molecule has 0 aliphatic heterocycles. The van der Waals surface area contributed by atoms with Crippen molar-refractivity contribution in [3.63, 3.8) is 0 Å². The average molecular weight is 273 g/mol. The molecule has 18 heavy (non-hydrogen) atoms. The highest BCUT2D eigenvalue weighted by Crippen LogP contribution is 2.40. The summed E-state index contributed by atoms with van der Waals surface area (Å²) in [4.78, 5) is 12.1. The van der Waals surface area contributed by atoms with Gasteiger partial charge in [-0.3, -0.25) is 0 Å². The Kier molecular flexibility index (Phi) is 5.43. The predicted octanol–water partition coefficient (Wildman–Crippen LogP) is 2.65. The van der Waals surface area contributed by atoms with Crippen molar-refractivity contribution in [2.24, 2.45) is 0 Å². The lowest BCUT2D eigenvalue weighted by atomic mass is 10.2. The van der Waals surface area contributed by atoms with Crippen molar-refractivity contribution in [2.45, 2.75) is 27.1 Å². The molecule has 0 radical (unpaired) electrons. The van der Waals surface area contributed by atoms with Gasteiger partial charge in [0.05, 0.1) is 7.11 Å². The van der Waals surface area contributed by atoms with E-state index in [1.54, 1.807) is 7.05 Å². The fourth-order valence-electron chi connectivity index (χ4n) is 1.53. The number of ether oxygens (including phenoxy) is 3. The van der Waals surface area contributed by atoms with Crippen molar-refractivity contribution in [1.29, 1.82) is 0 Å². The van der Waals surface area contributed by atoms with Gasteiger partial charge in [0, 0.05) is 19.2 Å². The first-order chi connectivity index (χ1) is 8.54. The molecule has 6 heteroatoms. The molecule has 5 nitrogen and oxygen atoms in total. The van der Waals surface area contributed by atoms with E-state index in [0.717, 1.165) is 10.6 Å². The molecular weight excluding hydrogens is 254 g/mol. The van der Waals surface area contributed by atoms with Gasteiger partial charge in [0.25, 0.3) is 0 Å². The molecule has 1 heterocycles. The summed E-state index contributed by atoms with van der Waals surface area (Å²) in [6.45, 7) is 6.12. The molecule has 0 saturated carbocycles. The fourth-order valence-corrected chi connectivity index (χ4v) is 2.54. The third kappa shape index (κ3) is 3.14. The average Bonchev–Trinajstić information content (AvgIpc) is 2.66. The zero-order valence-corrected chi connectivity index (χ0v) is 12.1. The van der Waals surface area contributed by atoms with Crippen LogP contribution in [0.3, 0.4) is 0 Å². The molecule has 0 saturated heterocycles. The van der Waals surface area contributed by atoms with E-state index in [0.29, 0.717) is 17.2 Å². The summed E-state index contributed by atoms with van der Waals surface area (Å²) < 4.78 is 15.8. The summed E-state index contributed by atoms with van der Waals surface area (Å²) in [5, 5.41) is 3.80. The van der Waals surface area contributed by atoms with Gasteiger partial charge in [0.1, 0.15) is 9.88 Å². The molecule has 1 atom stereocenters. The topological polar surface area (TPSA) is 56.8 Å². The van der Waals surface area contributed by atoms with E-state index in [9.17, 15) is 4.79 Å². The molecule has 0 spiro atoms. The number of nitrogens with one attached hydrogen (secondary N) is 1. The number of thiophene rings is 1. The second-order valence-corrected chi connectivity index (χ2v) is 4.62. The Labute approximate surface area is 111 Å². The number of methoxy groups -OCH3 is 1. The molecule has 0 aliphatic carbocycles. The molecule has 1 unspecified atom stereocenters. The van der Waals surface area contributed by atoms with Crippen molar-refractivity contribution >= 4 is 22.3 Å². The van der Waals surface area contributed by atoms with Crippen LogP contribution in [0.25, 0.3) is 0 Å². The minimum atomic E-state index is -0.360. The van der Waals surface area contributed by atoms with Crippen LogP contribution in [0.15, 0.2) is 0 Å². The zero-order chi connectivity index (χ0) is 13.7. The van der Waals surface area contributed by atoms with Crippen molar-refractivity contribution in [1.82, 2.24) is 0 Å². The maximum Gasteiger partial charge on any atom is 0.348 e. The van der Waals surface area contributed by atoms with E-state index < -0.39 is 0 Å². The molecule has 1 aromatic heterocycles. The van der Waals surface area contributed by atoms with Gasteiger partial charge in [-0.25, -0.2) is 4.79 Å². The molecule has 0 amide bonds. The summed E-state index contributed by atoms with van der Waals surface area (Å²) >= 11 is 1.31. The zero-order valence-electron chi connectivity index (χ0n) is 11.3. The Balaban J connectivity index is 3.02. The first-order valence-corrected chi connectivity index (χ1v) is 6.54. The predicted molar refractivity (Wildman–Crippen MR) is 71.7 cm³/mol. The van der Waals surface area contributed by atoms with Gasteiger partial charge in [-0.1, -0.05) is 0 Å². The van der Waals surface area contributed by atoms with Crippen molar-refractivity contribution < 1.29 is 19.0 Å². The number of hydrogen-bond donors (Lipinski definition) is 1. The maximum absolute atomic E-state index is 11.6. The SMILES string of the molecule is CCOC(C)Oc1c(NC)sc(C(=O)OC)c1C. The fraction of sp³-hybridized carbons (Fsp3) is 0.583. The van der Waals surface area contributed by atoms with Gasteiger partial charge in [0.2, 0.25) is 0 Å². The van der Waals surface area contributed by atoms with Crippen LogP contribution in [-0.2, 0) is 9.47 Å². The Hall–Kier alpha value is -1.27. The highest BCUT2D eigenvalue weighted by molar-refractivity contribution is 7.18. The summed E-state index contributed by atoms with van der Waals surface area (Å²) in [6, 6.07) is 0. The van der Waals surface area contributed by atoms with Crippen LogP contribution in [0, 0.1) is 6.92 Å². The normalized spacial score (nSPS) is 12.1. The first kappa shape index (κ1) is 14.8. The largest absolute Gasteiger partial charge is 0.465 e. The molecule has 0 fully saturated rings. The number of anilines is 1. The highest BCUT2D eigenvalue weighted by Gasteiger charge is 2.22. The van der Waals surface area contributed by atoms with Crippen molar-refractivity contribution in [2.75, 3.05) is 26.1 Å². The standard InChI is InChI=1S/C12H19NO4S/c1-6-16-8(3)17-9-7(2)10(12(14)15-5)18-11(9)13-4/h8,13H,6H2,1-5H3. The Morgan fingerprint density at radius 2 is 2.17 bits per heavy atom. The van der Waals surface area contributed by atoms with Crippen LogP contribution in [0.1, 0.15) is 29.1 Å².